The number of hydrogen-bond donors (Lipinski definition) is 1. The van der Waals surface area contributed by atoms with Crippen LogP contribution in [0.3, 0.4) is 0 Å². The van der Waals surface area contributed by atoms with Crippen LogP contribution in [0.1, 0.15) is 18.9 Å². The van der Waals surface area contributed by atoms with Crippen molar-refractivity contribution in [2.75, 3.05) is 18.9 Å². The lowest BCUT2D eigenvalue weighted by Crippen LogP contribution is -2.15. The fourth-order valence-electron chi connectivity index (χ4n) is 2.52. The molecule has 3 aromatic rings. The summed E-state index contributed by atoms with van der Waals surface area (Å²) in [5, 5.41) is 16.3. The Bertz CT molecular complexity index is 843. The molecule has 3 rings (SSSR count). The monoisotopic (exact) mass is 447 g/mol. The Hall–Kier alpha value is -1.90. The number of hydrogen-bond acceptors (Lipinski definition) is 6. The third kappa shape index (κ3) is 5.79. The molecule has 27 heavy (non-hydrogen) atoms. The Morgan fingerprint density at radius 1 is 1.19 bits per heavy atom. The number of tetrazole rings is 1. The summed E-state index contributed by atoms with van der Waals surface area (Å²) in [6.45, 7) is 4.42. The van der Waals surface area contributed by atoms with Gasteiger partial charge in [0.2, 0.25) is 5.16 Å². The molecule has 0 saturated carbocycles. The van der Waals surface area contributed by atoms with Crippen LogP contribution in [-0.2, 0) is 6.54 Å². The van der Waals surface area contributed by atoms with Gasteiger partial charge in [-0.2, -0.15) is 4.68 Å². The number of ether oxygens (including phenoxy) is 1. The second kappa shape index (κ2) is 10.4. The lowest BCUT2D eigenvalue weighted by Gasteiger charge is -2.09. The standard InChI is InChI=1S/C19H22BrN5OS/c1-2-26-18-10-9-15(13-17(18)20)14-21-11-6-12-27-19-22-23-24-25(19)16-7-4-3-5-8-16/h3-5,7-10,13,21H,2,6,11-12,14H2,1H3. The molecular formula is C19H22BrN5OS. The second-order valence-corrected chi connectivity index (χ2v) is 7.70. The van der Waals surface area contributed by atoms with Gasteiger partial charge in [0, 0.05) is 12.3 Å². The van der Waals surface area contributed by atoms with Gasteiger partial charge >= 0.3 is 0 Å². The number of halogens is 1. The Morgan fingerprint density at radius 2 is 2.04 bits per heavy atom. The minimum Gasteiger partial charge on any atom is -0.493 e. The highest BCUT2D eigenvalue weighted by atomic mass is 79.9. The molecule has 1 aromatic heterocycles. The summed E-state index contributed by atoms with van der Waals surface area (Å²) in [6.07, 6.45) is 1.03. The highest BCUT2D eigenvalue weighted by Gasteiger charge is 2.08. The van der Waals surface area contributed by atoms with E-state index in [2.05, 4.69) is 48.9 Å². The quantitative estimate of drug-likeness (QED) is 0.372. The summed E-state index contributed by atoms with van der Waals surface area (Å²) in [5.74, 6) is 1.83. The molecule has 0 spiro atoms. The van der Waals surface area contributed by atoms with Crippen molar-refractivity contribution in [3.63, 3.8) is 0 Å². The van der Waals surface area contributed by atoms with E-state index in [1.54, 1.807) is 16.4 Å². The van der Waals surface area contributed by atoms with E-state index < -0.39 is 0 Å². The molecule has 0 amide bonds. The second-order valence-electron chi connectivity index (χ2n) is 5.79. The first-order valence-corrected chi connectivity index (χ1v) is 10.6. The molecule has 142 valence electrons. The van der Waals surface area contributed by atoms with Gasteiger partial charge in [-0.05, 0) is 76.1 Å². The lowest BCUT2D eigenvalue weighted by molar-refractivity contribution is 0.338. The third-order valence-corrected chi connectivity index (χ3v) is 5.42. The molecule has 0 radical (unpaired) electrons. The van der Waals surface area contributed by atoms with Crippen molar-refractivity contribution in [3.05, 3.63) is 58.6 Å². The zero-order chi connectivity index (χ0) is 18.9. The summed E-state index contributed by atoms with van der Waals surface area (Å²) < 4.78 is 8.30. The number of nitrogens with zero attached hydrogens (tertiary/aromatic N) is 4. The average Bonchev–Trinajstić information content (AvgIpc) is 3.16. The van der Waals surface area contributed by atoms with Gasteiger partial charge in [0.05, 0.1) is 16.8 Å². The van der Waals surface area contributed by atoms with E-state index in [1.165, 1.54) is 5.56 Å². The van der Waals surface area contributed by atoms with Crippen LogP contribution >= 0.6 is 27.7 Å². The van der Waals surface area contributed by atoms with Crippen LogP contribution in [0.25, 0.3) is 5.69 Å². The van der Waals surface area contributed by atoms with Crippen LogP contribution in [0.2, 0.25) is 0 Å². The Balaban J connectivity index is 1.39. The first kappa shape index (κ1) is 19.9. The van der Waals surface area contributed by atoms with Crippen LogP contribution in [0.4, 0.5) is 0 Å². The van der Waals surface area contributed by atoms with Gasteiger partial charge in [0.15, 0.2) is 0 Å². The van der Waals surface area contributed by atoms with Crippen molar-refractivity contribution in [3.8, 4) is 11.4 Å². The molecule has 2 aromatic carbocycles. The number of nitrogens with one attached hydrogen (secondary N) is 1. The highest BCUT2D eigenvalue weighted by Crippen LogP contribution is 2.26. The Labute approximate surface area is 171 Å². The van der Waals surface area contributed by atoms with Crippen molar-refractivity contribution < 1.29 is 4.74 Å². The normalized spacial score (nSPS) is 10.9. The fraction of sp³-hybridized carbons (Fsp3) is 0.316. The zero-order valence-electron chi connectivity index (χ0n) is 15.1. The van der Waals surface area contributed by atoms with Crippen LogP contribution < -0.4 is 10.1 Å². The summed E-state index contributed by atoms with van der Waals surface area (Å²) in [4.78, 5) is 0. The predicted molar refractivity (Wildman–Crippen MR) is 112 cm³/mol. The molecule has 0 atom stereocenters. The molecule has 1 heterocycles. The average molecular weight is 448 g/mol. The largest absolute Gasteiger partial charge is 0.493 e. The summed E-state index contributed by atoms with van der Waals surface area (Å²) >= 11 is 5.22. The summed E-state index contributed by atoms with van der Waals surface area (Å²) in [7, 11) is 0. The maximum absolute atomic E-state index is 5.54. The number of rotatable bonds is 10. The van der Waals surface area contributed by atoms with Gasteiger partial charge in [-0.3, -0.25) is 0 Å². The highest BCUT2D eigenvalue weighted by molar-refractivity contribution is 9.10. The van der Waals surface area contributed by atoms with E-state index in [1.807, 2.05) is 43.3 Å². The molecule has 0 unspecified atom stereocenters. The van der Waals surface area contributed by atoms with Crippen LogP contribution in [0.5, 0.6) is 5.75 Å². The summed E-state index contributed by atoms with van der Waals surface area (Å²) in [5.41, 5.74) is 2.20. The number of benzene rings is 2. The molecule has 1 N–H and O–H groups in total. The van der Waals surface area contributed by atoms with Gasteiger partial charge in [-0.25, -0.2) is 0 Å². The minimum atomic E-state index is 0.668. The molecule has 0 aliphatic carbocycles. The van der Waals surface area contributed by atoms with Gasteiger partial charge in [-0.1, -0.05) is 36.0 Å². The van der Waals surface area contributed by atoms with Gasteiger partial charge in [0.1, 0.15) is 5.75 Å². The number of aromatic nitrogens is 4. The number of para-hydroxylation sites is 1. The van der Waals surface area contributed by atoms with Crippen LogP contribution in [0, 0.1) is 0 Å². The van der Waals surface area contributed by atoms with Crippen LogP contribution in [0.15, 0.2) is 58.2 Å². The molecule has 0 fully saturated rings. The predicted octanol–water partition coefficient (Wildman–Crippen LogP) is 4.10. The topological polar surface area (TPSA) is 64.9 Å². The van der Waals surface area contributed by atoms with Crippen molar-refractivity contribution in [2.24, 2.45) is 0 Å². The maximum atomic E-state index is 5.54. The molecule has 0 aliphatic heterocycles. The van der Waals surface area contributed by atoms with E-state index in [0.29, 0.717) is 6.61 Å². The zero-order valence-corrected chi connectivity index (χ0v) is 17.5. The van der Waals surface area contributed by atoms with Crippen molar-refractivity contribution >= 4 is 27.7 Å². The summed E-state index contributed by atoms with van der Waals surface area (Å²) in [6, 6.07) is 16.1. The molecule has 0 saturated heterocycles. The Morgan fingerprint density at radius 3 is 2.81 bits per heavy atom. The van der Waals surface area contributed by atoms with Crippen molar-refractivity contribution in [1.82, 2.24) is 25.5 Å². The SMILES string of the molecule is CCOc1ccc(CNCCCSc2nnnn2-c2ccccc2)cc1Br. The van der Waals surface area contributed by atoms with Crippen molar-refractivity contribution in [1.29, 1.82) is 0 Å². The molecule has 8 heteroatoms. The first-order chi connectivity index (χ1) is 13.3. The van der Waals surface area contributed by atoms with Crippen LogP contribution in [-0.4, -0.2) is 39.1 Å². The van der Waals surface area contributed by atoms with E-state index in [9.17, 15) is 0 Å². The van der Waals surface area contributed by atoms with Gasteiger partial charge in [0.25, 0.3) is 0 Å². The van der Waals surface area contributed by atoms with E-state index in [4.69, 9.17) is 4.74 Å². The maximum Gasteiger partial charge on any atom is 0.214 e. The molecule has 6 nitrogen and oxygen atoms in total. The van der Waals surface area contributed by atoms with E-state index >= 15 is 0 Å². The number of thioether (sulfide) groups is 1. The smallest absolute Gasteiger partial charge is 0.214 e. The molecule has 0 bridgehead atoms. The minimum absolute atomic E-state index is 0.668. The molecule has 0 aliphatic rings. The first-order valence-electron chi connectivity index (χ1n) is 8.86. The third-order valence-electron chi connectivity index (χ3n) is 3.80. The van der Waals surface area contributed by atoms with Gasteiger partial charge in [-0.15, -0.1) is 5.10 Å². The van der Waals surface area contributed by atoms with E-state index in [-0.39, 0.29) is 0 Å². The van der Waals surface area contributed by atoms with Gasteiger partial charge < -0.3 is 10.1 Å². The fourth-order valence-corrected chi connectivity index (χ4v) is 3.89. The lowest BCUT2D eigenvalue weighted by atomic mass is 10.2. The Kier molecular flexibility index (Phi) is 7.67. The van der Waals surface area contributed by atoms with Crippen molar-refractivity contribution in [2.45, 2.75) is 25.0 Å². The van der Waals surface area contributed by atoms with E-state index in [0.717, 1.165) is 46.3 Å². The molecular weight excluding hydrogens is 426 g/mol.